The van der Waals surface area contributed by atoms with Crippen LogP contribution in [0.5, 0.6) is 5.75 Å². The Kier molecular flexibility index (Phi) is 6.34. The van der Waals surface area contributed by atoms with Crippen molar-refractivity contribution >= 4 is 15.9 Å². The van der Waals surface area contributed by atoms with Crippen LogP contribution in [0.15, 0.2) is 58.2 Å². The van der Waals surface area contributed by atoms with Gasteiger partial charge in [-0.2, -0.15) is 4.31 Å². The average Bonchev–Trinajstić information content (AvgIpc) is 3.42. The van der Waals surface area contributed by atoms with Crippen molar-refractivity contribution < 1.29 is 22.4 Å². The number of sulfonamides is 1. The van der Waals surface area contributed by atoms with Crippen LogP contribution in [0.1, 0.15) is 24.0 Å². The Balaban J connectivity index is 1.14. The lowest BCUT2D eigenvalue weighted by atomic mass is 9.92. The quantitative estimate of drug-likeness (QED) is 0.532. The molecule has 5 rings (SSSR count). The van der Waals surface area contributed by atoms with Gasteiger partial charge in [-0.3, -0.25) is 4.79 Å². The molecule has 2 heterocycles. The minimum Gasteiger partial charge on any atom is -0.484 e. The topological polar surface area (TPSA) is 106 Å². The summed E-state index contributed by atoms with van der Waals surface area (Å²) in [6.45, 7) is 1.09. The second-order valence-corrected chi connectivity index (χ2v) is 10.4. The monoisotopic (exact) mass is 482 g/mol. The van der Waals surface area contributed by atoms with E-state index in [9.17, 15) is 13.2 Å². The molecule has 1 fully saturated rings. The van der Waals surface area contributed by atoms with Gasteiger partial charge in [0.25, 0.3) is 5.91 Å². The van der Waals surface area contributed by atoms with Crippen molar-refractivity contribution in [1.29, 1.82) is 0 Å². The van der Waals surface area contributed by atoms with Crippen LogP contribution in [0.2, 0.25) is 0 Å². The van der Waals surface area contributed by atoms with E-state index in [1.807, 2.05) is 12.1 Å². The van der Waals surface area contributed by atoms with E-state index in [0.29, 0.717) is 29.6 Å². The SMILES string of the molecule is O=C(COc1ccc(-c2nnco2)cc1)N1CCN(S(=O)(=O)c2ccc3c(c2)CCCC3)CC1. The Hall–Kier alpha value is -3.24. The number of aromatic nitrogens is 2. The van der Waals surface area contributed by atoms with Gasteiger partial charge < -0.3 is 14.1 Å². The molecule has 10 heteroatoms. The van der Waals surface area contributed by atoms with E-state index in [2.05, 4.69) is 10.2 Å². The van der Waals surface area contributed by atoms with E-state index in [4.69, 9.17) is 9.15 Å². The molecule has 0 N–H and O–H groups in total. The van der Waals surface area contributed by atoms with Gasteiger partial charge in [0.05, 0.1) is 4.90 Å². The molecule has 34 heavy (non-hydrogen) atoms. The molecule has 2 aromatic carbocycles. The van der Waals surface area contributed by atoms with Crippen molar-refractivity contribution in [3.05, 3.63) is 60.0 Å². The molecule has 1 amide bonds. The zero-order valence-electron chi connectivity index (χ0n) is 18.7. The largest absolute Gasteiger partial charge is 0.484 e. The fourth-order valence-corrected chi connectivity index (χ4v) is 5.90. The molecular weight excluding hydrogens is 456 g/mol. The van der Waals surface area contributed by atoms with Crippen LogP contribution in [-0.4, -0.2) is 66.5 Å². The highest BCUT2D eigenvalue weighted by atomic mass is 32.2. The number of hydrogen-bond donors (Lipinski definition) is 0. The van der Waals surface area contributed by atoms with Crippen molar-refractivity contribution in [2.75, 3.05) is 32.8 Å². The third-order valence-corrected chi connectivity index (χ3v) is 8.27. The van der Waals surface area contributed by atoms with Crippen LogP contribution in [0.3, 0.4) is 0 Å². The van der Waals surface area contributed by atoms with Crippen molar-refractivity contribution in [3.63, 3.8) is 0 Å². The molecule has 1 saturated heterocycles. The Morgan fingerprint density at radius 1 is 0.971 bits per heavy atom. The van der Waals surface area contributed by atoms with Crippen LogP contribution in [0.25, 0.3) is 11.5 Å². The second-order valence-electron chi connectivity index (χ2n) is 8.48. The van der Waals surface area contributed by atoms with Gasteiger partial charge in [-0.1, -0.05) is 6.07 Å². The Labute approximate surface area is 198 Å². The first-order valence-electron chi connectivity index (χ1n) is 11.4. The van der Waals surface area contributed by atoms with Gasteiger partial charge in [-0.15, -0.1) is 10.2 Å². The highest BCUT2D eigenvalue weighted by Gasteiger charge is 2.30. The number of ether oxygens (including phenoxy) is 1. The van der Waals surface area contributed by atoms with Crippen LogP contribution >= 0.6 is 0 Å². The van der Waals surface area contributed by atoms with Crippen molar-refractivity contribution in [1.82, 2.24) is 19.4 Å². The Morgan fingerprint density at radius 2 is 1.71 bits per heavy atom. The maximum atomic E-state index is 13.2. The highest BCUT2D eigenvalue weighted by molar-refractivity contribution is 7.89. The lowest BCUT2D eigenvalue weighted by Gasteiger charge is -2.34. The van der Waals surface area contributed by atoms with Gasteiger partial charge >= 0.3 is 0 Å². The molecule has 178 valence electrons. The minimum absolute atomic E-state index is 0.114. The summed E-state index contributed by atoms with van der Waals surface area (Å²) in [5, 5.41) is 7.50. The van der Waals surface area contributed by atoms with Crippen LogP contribution < -0.4 is 4.74 Å². The Bertz CT molecular complexity index is 1250. The number of amides is 1. The standard InChI is InChI=1S/C24H26N4O5S/c29-23(16-32-21-8-5-19(6-9-21)24-26-25-17-33-24)27-11-13-28(14-12-27)34(30,31)22-10-7-18-3-1-2-4-20(18)15-22/h5-10,15,17H,1-4,11-14,16H2. The molecule has 0 radical (unpaired) electrons. The number of piperazine rings is 1. The van der Waals surface area contributed by atoms with Crippen LogP contribution in [0.4, 0.5) is 0 Å². The number of rotatable bonds is 6. The smallest absolute Gasteiger partial charge is 0.260 e. The molecular formula is C24H26N4O5S. The number of carbonyl (C=O) groups excluding carboxylic acids is 1. The predicted molar refractivity (Wildman–Crippen MR) is 124 cm³/mol. The van der Waals surface area contributed by atoms with E-state index in [1.54, 1.807) is 35.2 Å². The molecule has 1 aliphatic carbocycles. The predicted octanol–water partition coefficient (Wildman–Crippen LogP) is 2.53. The van der Waals surface area contributed by atoms with Gasteiger partial charge in [0.2, 0.25) is 22.3 Å². The first-order valence-corrected chi connectivity index (χ1v) is 12.8. The van der Waals surface area contributed by atoms with E-state index in [1.165, 1.54) is 16.3 Å². The van der Waals surface area contributed by atoms with Crippen molar-refractivity contribution in [3.8, 4) is 17.2 Å². The number of aryl methyl sites for hydroxylation is 2. The lowest BCUT2D eigenvalue weighted by Crippen LogP contribution is -2.51. The fourth-order valence-electron chi connectivity index (χ4n) is 4.43. The molecule has 0 bridgehead atoms. The zero-order valence-corrected chi connectivity index (χ0v) is 19.5. The molecule has 1 aromatic heterocycles. The molecule has 0 saturated carbocycles. The number of benzene rings is 2. The highest BCUT2D eigenvalue weighted by Crippen LogP contribution is 2.26. The number of carbonyl (C=O) groups is 1. The number of nitrogens with zero attached hydrogens (tertiary/aromatic N) is 4. The number of fused-ring (bicyclic) bond motifs is 1. The second kappa shape index (κ2) is 9.55. The first kappa shape index (κ1) is 22.5. The van der Waals surface area contributed by atoms with Gasteiger partial charge in [0, 0.05) is 31.7 Å². The molecule has 3 aromatic rings. The first-order chi connectivity index (χ1) is 16.5. The summed E-state index contributed by atoms with van der Waals surface area (Å²) in [6, 6.07) is 12.5. The summed E-state index contributed by atoms with van der Waals surface area (Å²) in [7, 11) is -3.58. The van der Waals surface area contributed by atoms with Gasteiger partial charge in [0.15, 0.2) is 6.61 Å². The molecule has 2 aliphatic rings. The molecule has 9 nitrogen and oxygen atoms in total. The van der Waals surface area contributed by atoms with E-state index >= 15 is 0 Å². The summed E-state index contributed by atoms with van der Waals surface area (Å²) in [4.78, 5) is 14.6. The summed E-state index contributed by atoms with van der Waals surface area (Å²) in [5.41, 5.74) is 3.15. The van der Waals surface area contributed by atoms with Crippen molar-refractivity contribution in [2.24, 2.45) is 0 Å². The third kappa shape index (κ3) is 4.69. The van der Waals surface area contributed by atoms with Gasteiger partial charge in [-0.25, -0.2) is 8.42 Å². The van der Waals surface area contributed by atoms with E-state index < -0.39 is 10.0 Å². The molecule has 0 atom stereocenters. The average molecular weight is 483 g/mol. The molecule has 1 aliphatic heterocycles. The fraction of sp³-hybridized carbons (Fsp3) is 0.375. The zero-order chi connectivity index (χ0) is 23.5. The lowest BCUT2D eigenvalue weighted by molar-refractivity contribution is -0.134. The summed E-state index contributed by atoms with van der Waals surface area (Å²) in [6.07, 6.45) is 5.46. The van der Waals surface area contributed by atoms with Gasteiger partial charge in [0.1, 0.15) is 5.75 Å². The van der Waals surface area contributed by atoms with Crippen LogP contribution in [0, 0.1) is 0 Å². The van der Waals surface area contributed by atoms with Crippen molar-refractivity contribution in [2.45, 2.75) is 30.6 Å². The maximum absolute atomic E-state index is 13.2. The Morgan fingerprint density at radius 3 is 2.41 bits per heavy atom. The summed E-state index contributed by atoms with van der Waals surface area (Å²) >= 11 is 0. The number of hydrogen-bond acceptors (Lipinski definition) is 7. The minimum atomic E-state index is -3.58. The molecule has 0 spiro atoms. The third-order valence-electron chi connectivity index (χ3n) is 6.37. The molecule has 0 unspecified atom stereocenters. The van der Waals surface area contributed by atoms with E-state index in [-0.39, 0.29) is 25.6 Å². The normalized spacial score (nSPS) is 16.8. The maximum Gasteiger partial charge on any atom is 0.260 e. The van der Waals surface area contributed by atoms with Crippen LogP contribution in [-0.2, 0) is 27.7 Å². The summed E-state index contributed by atoms with van der Waals surface area (Å²) in [5.74, 6) is 0.780. The van der Waals surface area contributed by atoms with Gasteiger partial charge in [-0.05, 0) is 73.2 Å². The summed E-state index contributed by atoms with van der Waals surface area (Å²) < 4.78 is 38.6. The van der Waals surface area contributed by atoms with E-state index in [0.717, 1.165) is 36.8 Å².